The first-order valence-electron chi connectivity index (χ1n) is 5.80. The van der Waals surface area contributed by atoms with Crippen LogP contribution in [-0.4, -0.2) is 44.7 Å². The Labute approximate surface area is 110 Å². The van der Waals surface area contributed by atoms with Crippen molar-refractivity contribution >= 4 is 22.8 Å². The molecule has 1 aromatic heterocycles. The standard InChI is InChI=1S/C13H15N3O3/c1-13(2,12(18)19)16(3)11(17)10-8-6-4-5-7-9(8)14-15-10/h4-7H,1-3H3,(H,14,15)(H,18,19). The Hall–Kier alpha value is -2.37. The summed E-state index contributed by atoms with van der Waals surface area (Å²) in [6.07, 6.45) is 0. The van der Waals surface area contributed by atoms with E-state index in [-0.39, 0.29) is 5.69 Å². The lowest BCUT2D eigenvalue weighted by Gasteiger charge is -2.30. The maximum atomic E-state index is 12.4. The van der Waals surface area contributed by atoms with E-state index >= 15 is 0 Å². The molecule has 0 aliphatic carbocycles. The molecule has 2 rings (SSSR count). The monoisotopic (exact) mass is 261 g/mol. The number of hydrogen-bond acceptors (Lipinski definition) is 3. The van der Waals surface area contributed by atoms with Gasteiger partial charge in [-0.2, -0.15) is 5.10 Å². The molecule has 0 aliphatic heterocycles. The van der Waals surface area contributed by atoms with Gasteiger partial charge in [-0.3, -0.25) is 9.89 Å². The SMILES string of the molecule is CN(C(=O)c1n[nH]c2ccccc12)C(C)(C)C(=O)O. The predicted octanol–water partition coefficient (Wildman–Crippen LogP) is 1.50. The summed E-state index contributed by atoms with van der Waals surface area (Å²) in [5, 5.41) is 16.6. The minimum absolute atomic E-state index is 0.229. The first-order chi connectivity index (χ1) is 8.85. The number of fused-ring (bicyclic) bond motifs is 1. The third-order valence-electron chi connectivity index (χ3n) is 3.34. The average Bonchev–Trinajstić information content (AvgIpc) is 2.80. The second kappa shape index (κ2) is 4.38. The molecule has 2 aromatic rings. The number of nitrogens with zero attached hydrogens (tertiary/aromatic N) is 2. The van der Waals surface area contributed by atoms with E-state index in [9.17, 15) is 9.59 Å². The lowest BCUT2D eigenvalue weighted by atomic mass is 10.0. The molecule has 0 bridgehead atoms. The van der Waals surface area contributed by atoms with E-state index in [2.05, 4.69) is 10.2 Å². The Morgan fingerprint density at radius 1 is 1.32 bits per heavy atom. The highest BCUT2D eigenvalue weighted by Crippen LogP contribution is 2.20. The molecule has 0 unspecified atom stereocenters. The van der Waals surface area contributed by atoms with Crippen molar-refractivity contribution < 1.29 is 14.7 Å². The largest absolute Gasteiger partial charge is 0.480 e. The average molecular weight is 261 g/mol. The number of likely N-dealkylation sites (N-methyl/N-ethyl adjacent to an activating group) is 1. The summed E-state index contributed by atoms with van der Waals surface area (Å²) in [6, 6.07) is 7.21. The van der Waals surface area contributed by atoms with Crippen LogP contribution in [-0.2, 0) is 4.79 Å². The van der Waals surface area contributed by atoms with Crippen LogP contribution in [0, 0.1) is 0 Å². The van der Waals surface area contributed by atoms with Crippen molar-refractivity contribution in [2.45, 2.75) is 19.4 Å². The molecule has 0 saturated heterocycles. The fourth-order valence-electron chi connectivity index (χ4n) is 1.68. The molecule has 100 valence electrons. The number of aromatic amines is 1. The summed E-state index contributed by atoms with van der Waals surface area (Å²) in [4.78, 5) is 24.7. The molecule has 0 saturated carbocycles. The number of rotatable bonds is 3. The van der Waals surface area contributed by atoms with E-state index in [1.165, 1.54) is 25.8 Å². The number of carbonyl (C=O) groups excluding carboxylic acids is 1. The molecule has 1 heterocycles. The summed E-state index contributed by atoms with van der Waals surface area (Å²) in [6.45, 7) is 2.95. The van der Waals surface area contributed by atoms with Gasteiger partial charge in [0.05, 0.1) is 5.52 Å². The number of aliphatic carboxylic acids is 1. The van der Waals surface area contributed by atoms with Crippen LogP contribution in [0.1, 0.15) is 24.3 Å². The Morgan fingerprint density at radius 3 is 2.58 bits per heavy atom. The van der Waals surface area contributed by atoms with Crippen LogP contribution < -0.4 is 0 Å². The van der Waals surface area contributed by atoms with Crippen LogP contribution in [0.4, 0.5) is 0 Å². The molecule has 0 spiro atoms. The summed E-state index contributed by atoms with van der Waals surface area (Å²) >= 11 is 0. The van der Waals surface area contributed by atoms with E-state index in [1.807, 2.05) is 6.07 Å². The van der Waals surface area contributed by atoms with Gasteiger partial charge in [-0.1, -0.05) is 18.2 Å². The van der Waals surface area contributed by atoms with Crippen molar-refractivity contribution in [3.05, 3.63) is 30.0 Å². The quantitative estimate of drug-likeness (QED) is 0.876. The zero-order valence-electron chi connectivity index (χ0n) is 11.0. The van der Waals surface area contributed by atoms with Crippen LogP contribution in [0.15, 0.2) is 24.3 Å². The van der Waals surface area contributed by atoms with Crippen LogP contribution >= 0.6 is 0 Å². The maximum absolute atomic E-state index is 12.4. The summed E-state index contributed by atoms with van der Waals surface area (Å²) in [7, 11) is 1.46. The number of carboxylic acids is 1. The number of amides is 1. The zero-order chi connectivity index (χ0) is 14.2. The number of aromatic nitrogens is 2. The van der Waals surface area contributed by atoms with Gasteiger partial charge in [-0.25, -0.2) is 4.79 Å². The lowest BCUT2D eigenvalue weighted by molar-refractivity contribution is -0.147. The Bertz CT molecular complexity index is 645. The molecule has 19 heavy (non-hydrogen) atoms. The zero-order valence-corrected chi connectivity index (χ0v) is 11.0. The first kappa shape index (κ1) is 13.1. The van der Waals surface area contributed by atoms with E-state index in [0.717, 1.165) is 5.52 Å². The van der Waals surface area contributed by atoms with Crippen LogP contribution in [0.3, 0.4) is 0 Å². The second-order valence-electron chi connectivity index (χ2n) is 4.85. The number of nitrogens with one attached hydrogen (secondary N) is 1. The van der Waals surface area contributed by atoms with Gasteiger partial charge >= 0.3 is 5.97 Å². The van der Waals surface area contributed by atoms with Gasteiger partial charge in [-0.15, -0.1) is 0 Å². The highest BCUT2D eigenvalue weighted by atomic mass is 16.4. The summed E-state index contributed by atoms with van der Waals surface area (Å²) in [5.41, 5.74) is -0.322. The normalized spacial score (nSPS) is 11.5. The number of para-hydroxylation sites is 1. The van der Waals surface area contributed by atoms with E-state index in [1.54, 1.807) is 18.2 Å². The van der Waals surface area contributed by atoms with Crippen molar-refractivity contribution in [2.24, 2.45) is 0 Å². The first-order valence-corrected chi connectivity index (χ1v) is 5.80. The Kier molecular flexibility index (Phi) is 3.01. The smallest absolute Gasteiger partial charge is 0.329 e. The van der Waals surface area contributed by atoms with Crippen molar-refractivity contribution in [1.29, 1.82) is 0 Å². The number of H-pyrrole nitrogens is 1. The summed E-state index contributed by atoms with van der Waals surface area (Å²) in [5.74, 6) is -1.49. The number of carboxylic acid groups (broad SMARTS) is 1. The molecule has 1 amide bonds. The number of hydrogen-bond donors (Lipinski definition) is 2. The molecule has 1 aromatic carbocycles. The molecule has 0 aliphatic rings. The van der Waals surface area contributed by atoms with Crippen molar-refractivity contribution in [1.82, 2.24) is 15.1 Å². The third kappa shape index (κ3) is 2.05. The van der Waals surface area contributed by atoms with Gasteiger partial charge in [0.2, 0.25) is 0 Å². The molecular weight excluding hydrogens is 246 g/mol. The molecular formula is C13H15N3O3. The highest BCUT2D eigenvalue weighted by molar-refractivity contribution is 6.06. The van der Waals surface area contributed by atoms with Crippen LogP contribution in [0.25, 0.3) is 10.9 Å². The Balaban J connectivity index is 2.42. The summed E-state index contributed by atoms with van der Waals surface area (Å²) < 4.78 is 0. The van der Waals surface area contributed by atoms with Gasteiger partial charge in [0, 0.05) is 12.4 Å². The fourth-order valence-corrected chi connectivity index (χ4v) is 1.68. The van der Waals surface area contributed by atoms with E-state index < -0.39 is 17.4 Å². The minimum Gasteiger partial charge on any atom is -0.480 e. The topological polar surface area (TPSA) is 86.3 Å². The third-order valence-corrected chi connectivity index (χ3v) is 3.34. The number of carbonyl (C=O) groups is 2. The van der Waals surface area contributed by atoms with E-state index in [4.69, 9.17) is 5.11 Å². The predicted molar refractivity (Wildman–Crippen MR) is 69.9 cm³/mol. The van der Waals surface area contributed by atoms with Crippen molar-refractivity contribution in [3.63, 3.8) is 0 Å². The molecule has 0 atom stereocenters. The fraction of sp³-hybridized carbons (Fsp3) is 0.308. The Morgan fingerprint density at radius 2 is 1.95 bits per heavy atom. The maximum Gasteiger partial charge on any atom is 0.329 e. The van der Waals surface area contributed by atoms with Gasteiger partial charge in [0.15, 0.2) is 5.69 Å². The van der Waals surface area contributed by atoms with Crippen molar-refractivity contribution in [3.8, 4) is 0 Å². The van der Waals surface area contributed by atoms with E-state index in [0.29, 0.717) is 5.39 Å². The second-order valence-corrected chi connectivity index (χ2v) is 4.85. The number of benzene rings is 1. The molecule has 6 nitrogen and oxygen atoms in total. The molecule has 0 fully saturated rings. The van der Waals surface area contributed by atoms with Gasteiger partial charge in [-0.05, 0) is 19.9 Å². The molecule has 2 N–H and O–H groups in total. The van der Waals surface area contributed by atoms with Crippen LogP contribution in [0.2, 0.25) is 0 Å². The van der Waals surface area contributed by atoms with Crippen LogP contribution in [0.5, 0.6) is 0 Å². The highest BCUT2D eigenvalue weighted by Gasteiger charge is 2.36. The molecule has 6 heteroatoms. The van der Waals surface area contributed by atoms with Crippen molar-refractivity contribution in [2.75, 3.05) is 7.05 Å². The van der Waals surface area contributed by atoms with Gasteiger partial charge in [0.1, 0.15) is 5.54 Å². The van der Waals surface area contributed by atoms with Gasteiger partial charge in [0.25, 0.3) is 5.91 Å². The lowest BCUT2D eigenvalue weighted by Crippen LogP contribution is -2.50. The minimum atomic E-state index is -1.29. The molecule has 0 radical (unpaired) electrons. The van der Waals surface area contributed by atoms with Gasteiger partial charge < -0.3 is 10.0 Å².